The highest BCUT2D eigenvalue weighted by molar-refractivity contribution is 5.73. The molecule has 0 spiro atoms. The first-order valence-corrected chi connectivity index (χ1v) is 5.01. The van der Waals surface area contributed by atoms with Gasteiger partial charge in [-0.25, -0.2) is 0 Å². The molecule has 0 aromatic rings. The first-order chi connectivity index (χ1) is 7.10. The van der Waals surface area contributed by atoms with Crippen LogP contribution >= 0.6 is 0 Å². The molecule has 1 aliphatic heterocycles. The molecule has 0 aliphatic carbocycles. The first kappa shape index (κ1) is 12.4. The number of hydrogen-bond acceptors (Lipinski definition) is 5. The lowest BCUT2D eigenvalue weighted by molar-refractivity contribution is -0.120. The average molecular weight is 218 g/mol. The third-order valence-corrected chi connectivity index (χ3v) is 2.67. The van der Waals surface area contributed by atoms with Crippen molar-refractivity contribution in [1.82, 2.24) is 10.2 Å². The van der Waals surface area contributed by atoms with Gasteiger partial charge in [-0.05, 0) is 0 Å². The molecule has 1 rings (SSSR count). The fourth-order valence-electron chi connectivity index (χ4n) is 1.98. The number of rotatable bonds is 4. The van der Waals surface area contributed by atoms with Gasteiger partial charge < -0.3 is 20.6 Å². The summed E-state index contributed by atoms with van der Waals surface area (Å²) in [4.78, 5) is 12.6. The van der Waals surface area contributed by atoms with Crippen LogP contribution in [0.25, 0.3) is 0 Å². The summed E-state index contributed by atoms with van der Waals surface area (Å²) in [5.41, 5.74) is 0. The zero-order valence-corrected chi connectivity index (χ0v) is 8.76. The van der Waals surface area contributed by atoms with Crippen molar-refractivity contribution in [3.63, 3.8) is 0 Å². The van der Waals surface area contributed by atoms with Gasteiger partial charge in [-0.15, -0.1) is 0 Å². The van der Waals surface area contributed by atoms with E-state index < -0.39 is 12.1 Å². The lowest BCUT2D eigenvalue weighted by atomic mass is 10.1. The van der Waals surface area contributed by atoms with Crippen molar-refractivity contribution in [2.24, 2.45) is 0 Å². The van der Waals surface area contributed by atoms with E-state index in [9.17, 15) is 9.90 Å². The van der Waals surface area contributed by atoms with Gasteiger partial charge in [0.2, 0.25) is 5.91 Å². The summed E-state index contributed by atoms with van der Waals surface area (Å²) >= 11 is 0. The number of aliphatic hydroxyl groups is 3. The average Bonchev–Trinajstić information content (AvgIpc) is 2.43. The van der Waals surface area contributed by atoms with Gasteiger partial charge in [0.1, 0.15) is 0 Å². The van der Waals surface area contributed by atoms with E-state index in [1.807, 2.05) is 0 Å². The summed E-state index contributed by atoms with van der Waals surface area (Å²) < 4.78 is 0. The second kappa shape index (κ2) is 5.41. The topological polar surface area (TPSA) is 93.0 Å². The van der Waals surface area contributed by atoms with Crippen molar-refractivity contribution in [2.75, 3.05) is 26.3 Å². The monoisotopic (exact) mass is 218 g/mol. The molecule has 6 heteroatoms. The van der Waals surface area contributed by atoms with E-state index in [1.54, 1.807) is 4.90 Å². The van der Waals surface area contributed by atoms with Crippen molar-refractivity contribution < 1.29 is 20.1 Å². The normalized spacial score (nSPS) is 31.9. The zero-order valence-electron chi connectivity index (χ0n) is 8.76. The van der Waals surface area contributed by atoms with Crippen LogP contribution in [-0.4, -0.2) is 70.6 Å². The van der Waals surface area contributed by atoms with Crippen molar-refractivity contribution in [3.05, 3.63) is 0 Å². The predicted octanol–water partition coefficient (Wildman–Crippen LogP) is -2.48. The van der Waals surface area contributed by atoms with E-state index in [1.165, 1.54) is 6.92 Å². The second-order valence-corrected chi connectivity index (χ2v) is 3.77. The Bertz CT molecular complexity index is 224. The molecule has 88 valence electrons. The SMILES string of the molecule is CC(=O)N[C@H]1CN(CCO)[C@@H](CO)[C@@H]1O. The highest BCUT2D eigenvalue weighted by Crippen LogP contribution is 2.17. The Morgan fingerprint density at radius 3 is 2.67 bits per heavy atom. The largest absolute Gasteiger partial charge is 0.395 e. The lowest BCUT2D eigenvalue weighted by Crippen LogP contribution is -2.44. The Morgan fingerprint density at radius 2 is 2.20 bits per heavy atom. The summed E-state index contributed by atoms with van der Waals surface area (Å²) in [6.45, 7) is 2.01. The molecule has 0 aromatic carbocycles. The minimum absolute atomic E-state index is 0.0317. The van der Waals surface area contributed by atoms with Gasteiger partial charge in [-0.3, -0.25) is 9.69 Å². The molecule has 6 nitrogen and oxygen atoms in total. The van der Waals surface area contributed by atoms with E-state index in [4.69, 9.17) is 10.2 Å². The maximum atomic E-state index is 10.9. The standard InChI is InChI=1S/C9H18N2O4/c1-6(14)10-7-4-11(2-3-12)8(5-13)9(7)15/h7-9,12-13,15H,2-5H2,1H3,(H,10,14)/t7-,8-,9+/m0/s1. The van der Waals surface area contributed by atoms with E-state index >= 15 is 0 Å². The number of carbonyl (C=O) groups is 1. The van der Waals surface area contributed by atoms with Crippen LogP contribution < -0.4 is 5.32 Å². The minimum Gasteiger partial charge on any atom is -0.395 e. The van der Waals surface area contributed by atoms with E-state index in [0.717, 1.165) is 0 Å². The van der Waals surface area contributed by atoms with E-state index in [0.29, 0.717) is 13.1 Å². The Hall–Kier alpha value is -0.690. The van der Waals surface area contributed by atoms with E-state index in [2.05, 4.69) is 5.32 Å². The summed E-state index contributed by atoms with van der Waals surface area (Å²) in [6.07, 6.45) is -0.787. The fraction of sp³-hybridized carbons (Fsp3) is 0.889. The summed E-state index contributed by atoms with van der Waals surface area (Å²) in [6, 6.07) is -0.778. The molecule has 1 heterocycles. The van der Waals surface area contributed by atoms with Crippen LogP contribution in [0, 0.1) is 0 Å². The van der Waals surface area contributed by atoms with Gasteiger partial charge in [-0.2, -0.15) is 0 Å². The van der Waals surface area contributed by atoms with Crippen molar-refractivity contribution in [2.45, 2.75) is 25.1 Å². The van der Waals surface area contributed by atoms with Crippen LogP contribution in [0.4, 0.5) is 0 Å². The molecule has 1 aliphatic rings. The van der Waals surface area contributed by atoms with Crippen LogP contribution in [0.5, 0.6) is 0 Å². The van der Waals surface area contributed by atoms with Gasteiger partial charge in [0.05, 0.1) is 31.4 Å². The molecule has 4 N–H and O–H groups in total. The number of nitrogens with zero attached hydrogens (tertiary/aromatic N) is 1. The number of β-amino-alcohol motifs (C(OH)–C–C–N with tert-alkyl or cyclic N) is 1. The van der Waals surface area contributed by atoms with E-state index in [-0.39, 0.29) is 25.2 Å². The molecule has 0 aromatic heterocycles. The molecular formula is C9H18N2O4. The highest BCUT2D eigenvalue weighted by Gasteiger charge is 2.40. The minimum atomic E-state index is -0.787. The molecule has 1 amide bonds. The Kier molecular flexibility index (Phi) is 4.46. The molecule has 15 heavy (non-hydrogen) atoms. The highest BCUT2D eigenvalue weighted by atomic mass is 16.3. The number of likely N-dealkylation sites (tertiary alicyclic amines) is 1. The van der Waals surface area contributed by atoms with Gasteiger partial charge in [-0.1, -0.05) is 0 Å². The predicted molar refractivity (Wildman–Crippen MR) is 53.1 cm³/mol. The van der Waals surface area contributed by atoms with Crippen molar-refractivity contribution in [3.8, 4) is 0 Å². The molecule has 0 saturated carbocycles. The molecule has 1 saturated heterocycles. The number of amides is 1. The molecule has 0 bridgehead atoms. The Labute approximate surface area is 88.5 Å². The summed E-state index contributed by atoms with van der Waals surface area (Å²) in [5, 5.41) is 30.3. The number of hydrogen-bond donors (Lipinski definition) is 4. The van der Waals surface area contributed by atoms with Gasteiger partial charge in [0.15, 0.2) is 0 Å². The van der Waals surface area contributed by atoms with Gasteiger partial charge in [0.25, 0.3) is 0 Å². The quantitative estimate of drug-likeness (QED) is 0.419. The van der Waals surface area contributed by atoms with Crippen LogP contribution in [-0.2, 0) is 4.79 Å². The molecule has 1 fully saturated rings. The number of nitrogens with one attached hydrogen (secondary N) is 1. The molecule has 0 radical (unpaired) electrons. The van der Waals surface area contributed by atoms with Gasteiger partial charge >= 0.3 is 0 Å². The van der Waals surface area contributed by atoms with Crippen molar-refractivity contribution in [1.29, 1.82) is 0 Å². The summed E-state index contributed by atoms with van der Waals surface area (Å²) in [7, 11) is 0. The molecular weight excluding hydrogens is 200 g/mol. The molecule has 0 unspecified atom stereocenters. The van der Waals surface area contributed by atoms with Crippen molar-refractivity contribution >= 4 is 5.91 Å². The third-order valence-electron chi connectivity index (χ3n) is 2.67. The van der Waals surface area contributed by atoms with Crippen LogP contribution in [0.3, 0.4) is 0 Å². The smallest absolute Gasteiger partial charge is 0.217 e. The maximum absolute atomic E-state index is 10.9. The first-order valence-electron chi connectivity index (χ1n) is 5.01. The fourth-order valence-corrected chi connectivity index (χ4v) is 1.98. The lowest BCUT2D eigenvalue weighted by Gasteiger charge is -2.22. The second-order valence-electron chi connectivity index (χ2n) is 3.77. The third kappa shape index (κ3) is 2.88. The number of carbonyl (C=O) groups excluding carboxylic acids is 1. The Balaban J connectivity index is 2.60. The van der Waals surface area contributed by atoms with Crippen LogP contribution in [0.1, 0.15) is 6.92 Å². The maximum Gasteiger partial charge on any atom is 0.217 e. The zero-order chi connectivity index (χ0) is 11.4. The number of aliphatic hydroxyl groups excluding tert-OH is 3. The van der Waals surface area contributed by atoms with Crippen LogP contribution in [0.15, 0.2) is 0 Å². The summed E-state index contributed by atoms with van der Waals surface area (Å²) in [5.74, 6) is -0.207. The molecule has 3 atom stereocenters. The van der Waals surface area contributed by atoms with Gasteiger partial charge in [0, 0.05) is 20.0 Å². The Morgan fingerprint density at radius 1 is 1.53 bits per heavy atom. The van der Waals surface area contributed by atoms with Crippen LogP contribution in [0.2, 0.25) is 0 Å².